The van der Waals surface area contributed by atoms with Gasteiger partial charge in [-0.1, -0.05) is 18.2 Å². The van der Waals surface area contributed by atoms with Crippen molar-refractivity contribution in [2.75, 3.05) is 44.2 Å². The van der Waals surface area contributed by atoms with Crippen molar-refractivity contribution in [1.29, 1.82) is 0 Å². The Morgan fingerprint density at radius 2 is 1.84 bits per heavy atom. The summed E-state index contributed by atoms with van der Waals surface area (Å²) in [6.07, 6.45) is 3.80. The van der Waals surface area contributed by atoms with Crippen LogP contribution in [0.3, 0.4) is 0 Å². The van der Waals surface area contributed by atoms with E-state index in [-0.39, 0.29) is 5.91 Å². The van der Waals surface area contributed by atoms with Gasteiger partial charge in [0, 0.05) is 51.3 Å². The molecule has 1 aliphatic heterocycles. The van der Waals surface area contributed by atoms with E-state index >= 15 is 0 Å². The molecule has 0 unspecified atom stereocenters. The standard InChI is InChI=1S/C20H27N3O2/c24-20(10-9-19-8-4-17-25-19)21-11-5-12-22-13-15-23(16-14-22)18-6-2-1-3-7-18/h1-4,6-8,17H,5,9-16H2,(H,21,24). The van der Waals surface area contributed by atoms with Gasteiger partial charge in [0.1, 0.15) is 5.76 Å². The maximum absolute atomic E-state index is 11.8. The number of benzene rings is 1. The largest absolute Gasteiger partial charge is 0.469 e. The summed E-state index contributed by atoms with van der Waals surface area (Å²) in [6, 6.07) is 14.4. The van der Waals surface area contributed by atoms with Crippen molar-refractivity contribution < 1.29 is 9.21 Å². The second kappa shape index (κ2) is 9.28. The maximum atomic E-state index is 11.8. The minimum absolute atomic E-state index is 0.102. The fourth-order valence-corrected chi connectivity index (χ4v) is 3.18. The van der Waals surface area contributed by atoms with Crippen LogP contribution in [0.25, 0.3) is 0 Å². The summed E-state index contributed by atoms with van der Waals surface area (Å²) in [6.45, 7) is 6.10. The molecule has 0 radical (unpaired) electrons. The average molecular weight is 341 g/mol. The van der Waals surface area contributed by atoms with E-state index in [0.29, 0.717) is 12.8 Å². The molecule has 1 aliphatic rings. The fraction of sp³-hybridized carbons (Fsp3) is 0.450. The van der Waals surface area contributed by atoms with Crippen molar-refractivity contribution in [3.63, 3.8) is 0 Å². The minimum atomic E-state index is 0.102. The molecule has 1 amide bonds. The van der Waals surface area contributed by atoms with Crippen LogP contribution in [-0.2, 0) is 11.2 Å². The SMILES string of the molecule is O=C(CCc1ccco1)NCCCN1CCN(c2ccccc2)CC1. The molecular formula is C20H27N3O2. The van der Waals surface area contributed by atoms with Crippen molar-refractivity contribution in [3.05, 3.63) is 54.5 Å². The first-order chi connectivity index (χ1) is 12.3. The first kappa shape index (κ1) is 17.5. The van der Waals surface area contributed by atoms with Gasteiger partial charge >= 0.3 is 0 Å². The zero-order chi connectivity index (χ0) is 17.3. The van der Waals surface area contributed by atoms with Crippen LogP contribution in [0.2, 0.25) is 0 Å². The topological polar surface area (TPSA) is 48.7 Å². The number of hydrogen-bond donors (Lipinski definition) is 1. The van der Waals surface area contributed by atoms with E-state index in [2.05, 4.69) is 45.4 Å². The van der Waals surface area contributed by atoms with Gasteiger partial charge in [0.05, 0.1) is 6.26 Å². The highest BCUT2D eigenvalue weighted by Crippen LogP contribution is 2.15. The number of nitrogens with one attached hydrogen (secondary N) is 1. The summed E-state index contributed by atoms with van der Waals surface area (Å²) in [5.74, 6) is 0.969. The number of hydrogen-bond acceptors (Lipinski definition) is 4. The van der Waals surface area contributed by atoms with Crippen LogP contribution in [-0.4, -0.2) is 50.1 Å². The van der Waals surface area contributed by atoms with Crippen LogP contribution in [0, 0.1) is 0 Å². The second-order valence-corrected chi connectivity index (χ2v) is 6.45. The normalized spacial score (nSPS) is 15.3. The first-order valence-corrected chi connectivity index (χ1v) is 9.13. The Morgan fingerprint density at radius 1 is 1.04 bits per heavy atom. The van der Waals surface area contributed by atoms with Crippen molar-refractivity contribution >= 4 is 11.6 Å². The third-order valence-corrected chi connectivity index (χ3v) is 4.65. The Balaban J connectivity index is 1.26. The molecular weight excluding hydrogens is 314 g/mol. The number of aryl methyl sites for hydroxylation is 1. The zero-order valence-electron chi connectivity index (χ0n) is 14.7. The summed E-state index contributed by atoms with van der Waals surface area (Å²) in [5, 5.41) is 3.00. The highest BCUT2D eigenvalue weighted by molar-refractivity contribution is 5.76. The number of carbonyl (C=O) groups excluding carboxylic acids is 1. The van der Waals surface area contributed by atoms with E-state index < -0.39 is 0 Å². The van der Waals surface area contributed by atoms with Gasteiger partial charge in [0.2, 0.25) is 5.91 Å². The van der Waals surface area contributed by atoms with Gasteiger partial charge in [-0.2, -0.15) is 0 Å². The minimum Gasteiger partial charge on any atom is -0.469 e. The molecule has 2 aromatic rings. The highest BCUT2D eigenvalue weighted by atomic mass is 16.3. The van der Waals surface area contributed by atoms with Gasteiger partial charge in [0.25, 0.3) is 0 Å². The summed E-state index contributed by atoms with van der Waals surface area (Å²) >= 11 is 0. The fourth-order valence-electron chi connectivity index (χ4n) is 3.18. The molecule has 0 aliphatic carbocycles. The van der Waals surface area contributed by atoms with Crippen LogP contribution in [0.1, 0.15) is 18.6 Å². The molecule has 5 heteroatoms. The van der Waals surface area contributed by atoms with E-state index in [1.807, 2.05) is 12.1 Å². The predicted octanol–water partition coefficient (Wildman–Crippen LogP) is 2.54. The van der Waals surface area contributed by atoms with Gasteiger partial charge in [-0.3, -0.25) is 9.69 Å². The Hall–Kier alpha value is -2.27. The Morgan fingerprint density at radius 3 is 2.56 bits per heavy atom. The molecule has 5 nitrogen and oxygen atoms in total. The molecule has 1 saturated heterocycles. The van der Waals surface area contributed by atoms with Crippen LogP contribution in [0.4, 0.5) is 5.69 Å². The summed E-state index contributed by atoms with van der Waals surface area (Å²) in [5.41, 5.74) is 1.31. The number of nitrogens with zero attached hydrogens (tertiary/aromatic N) is 2. The molecule has 0 bridgehead atoms. The molecule has 1 aromatic carbocycles. The Bertz CT molecular complexity index is 620. The summed E-state index contributed by atoms with van der Waals surface area (Å²) < 4.78 is 5.24. The Kier molecular flexibility index (Phi) is 6.51. The lowest BCUT2D eigenvalue weighted by molar-refractivity contribution is -0.121. The number of carbonyl (C=O) groups is 1. The molecule has 0 spiro atoms. The second-order valence-electron chi connectivity index (χ2n) is 6.45. The van der Waals surface area contributed by atoms with Crippen molar-refractivity contribution in [2.24, 2.45) is 0 Å². The molecule has 0 saturated carbocycles. The predicted molar refractivity (Wildman–Crippen MR) is 99.8 cm³/mol. The molecule has 25 heavy (non-hydrogen) atoms. The van der Waals surface area contributed by atoms with Crippen LogP contribution in [0.15, 0.2) is 53.1 Å². The third kappa shape index (κ3) is 5.64. The van der Waals surface area contributed by atoms with Gasteiger partial charge in [0.15, 0.2) is 0 Å². The lowest BCUT2D eigenvalue weighted by Gasteiger charge is -2.36. The molecule has 1 aromatic heterocycles. The van der Waals surface area contributed by atoms with Gasteiger partial charge in [-0.05, 0) is 37.2 Å². The average Bonchev–Trinajstić information content (AvgIpc) is 3.18. The number of rotatable bonds is 8. The van der Waals surface area contributed by atoms with E-state index in [9.17, 15) is 4.79 Å². The van der Waals surface area contributed by atoms with E-state index in [1.54, 1.807) is 6.26 Å². The van der Waals surface area contributed by atoms with E-state index in [1.165, 1.54) is 5.69 Å². The number of piperazine rings is 1. The van der Waals surface area contributed by atoms with Crippen LogP contribution < -0.4 is 10.2 Å². The van der Waals surface area contributed by atoms with Crippen molar-refractivity contribution in [3.8, 4) is 0 Å². The summed E-state index contributed by atoms with van der Waals surface area (Å²) in [7, 11) is 0. The molecule has 1 fully saturated rings. The van der Waals surface area contributed by atoms with Crippen LogP contribution in [0.5, 0.6) is 0 Å². The quantitative estimate of drug-likeness (QED) is 0.750. The molecule has 0 atom stereocenters. The number of amides is 1. The molecule has 3 rings (SSSR count). The smallest absolute Gasteiger partial charge is 0.220 e. The zero-order valence-corrected chi connectivity index (χ0v) is 14.7. The van der Waals surface area contributed by atoms with Gasteiger partial charge < -0.3 is 14.6 Å². The molecule has 134 valence electrons. The van der Waals surface area contributed by atoms with Gasteiger partial charge in [-0.25, -0.2) is 0 Å². The molecule has 2 heterocycles. The highest BCUT2D eigenvalue weighted by Gasteiger charge is 2.16. The van der Waals surface area contributed by atoms with Gasteiger partial charge in [-0.15, -0.1) is 0 Å². The van der Waals surface area contributed by atoms with Crippen LogP contribution >= 0.6 is 0 Å². The molecule has 1 N–H and O–H groups in total. The maximum Gasteiger partial charge on any atom is 0.220 e. The van der Waals surface area contributed by atoms with Crippen molar-refractivity contribution in [1.82, 2.24) is 10.2 Å². The van der Waals surface area contributed by atoms with Crippen molar-refractivity contribution in [2.45, 2.75) is 19.3 Å². The lowest BCUT2D eigenvalue weighted by Crippen LogP contribution is -2.47. The number of anilines is 1. The lowest BCUT2D eigenvalue weighted by atomic mass is 10.2. The third-order valence-electron chi connectivity index (χ3n) is 4.65. The summed E-state index contributed by atoms with van der Waals surface area (Å²) in [4.78, 5) is 16.7. The Labute approximate surface area is 149 Å². The number of para-hydroxylation sites is 1. The number of furan rings is 1. The van der Waals surface area contributed by atoms with E-state index in [4.69, 9.17) is 4.42 Å². The van der Waals surface area contributed by atoms with E-state index in [0.717, 1.165) is 51.4 Å². The first-order valence-electron chi connectivity index (χ1n) is 9.13. The monoisotopic (exact) mass is 341 g/mol.